The van der Waals surface area contributed by atoms with Gasteiger partial charge in [0.15, 0.2) is 0 Å². The maximum absolute atomic E-state index is 13.0. The van der Waals surface area contributed by atoms with E-state index in [1.165, 1.54) is 0 Å². The maximum Gasteiger partial charge on any atom is 0.240 e. The highest BCUT2D eigenvalue weighted by Crippen LogP contribution is 2.10. The quantitative estimate of drug-likeness (QED) is 0.820. The van der Waals surface area contributed by atoms with Gasteiger partial charge in [-0.1, -0.05) is 6.92 Å². The van der Waals surface area contributed by atoms with Crippen LogP contribution in [0.5, 0.6) is 0 Å². The molecule has 0 aliphatic rings. The van der Waals surface area contributed by atoms with Crippen molar-refractivity contribution in [3.05, 3.63) is 35.4 Å². The highest BCUT2D eigenvalue weighted by atomic mass is 19.1. The van der Waals surface area contributed by atoms with E-state index < -0.39 is 35.4 Å². The molecule has 0 saturated carbocycles. The number of nitrogens with one attached hydrogen (secondary N) is 1. The van der Waals surface area contributed by atoms with Crippen LogP contribution in [0.2, 0.25) is 0 Å². The average Bonchev–Trinajstić information content (AvgIpc) is 2.34. The Labute approximate surface area is 120 Å². The molecule has 1 aromatic rings. The highest BCUT2D eigenvalue weighted by Gasteiger charge is 2.24. The fourth-order valence-corrected chi connectivity index (χ4v) is 1.88. The topological polar surface area (TPSA) is 96.0 Å². The molecule has 0 aromatic heterocycles. The van der Waals surface area contributed by atoms with Crippen LogP contribution in [0, 0.1) is 28.9 Å². The molecule has 2 atom stereocenters. The summed E-state index contributed by atoms with van der Waals surface area (Å²) in [5, 5.41) is 11.0. The maximum atomic E-state index is 13.0. The summed E-state index contributed by atoms with van der Waals surface area (Å²) in [6.07, 6.45) is -0.250. The molecule has 0 aliphatic heterocycles. The summed E-state index contributed by atoms with van der Waals surface area (Å²) in [7, 11) is 0. The van der Waals surface area contributed by atoms with Crippen LogP contribution >= 0.6 is 0 Å². The summed E-state index contributed by atoms with van der Waals surface area (Å²) in [5.41, 5.74) is 5.31. The van der Waals surface area contributed by atoms with Crippen molar-refractivity contribution in [1.82, 2.24) is 5.32 Å². The minimum atomic E-state index is -1.00. The van der Waals surface area contributed by atoms with Gasteiger partial charge in [-0.3, -0.25) is 9.59 Å². The third-order valence-electron chi connectivity index (χ3n) is 2.89. The predicted octanol–water partition coefficient (Wildman–Crippen LogP) is 1.03. The molecule has 0 saturated heterocycles. The monoisotopic (exact) mass is 295 g/mol. The first-order chi connectivity index (χ1) is 9.83. The van der Waals surface area contributed by atoms with Crippen LogP contribution in [-0.4, -0.2) is 17.9 Å². The molecule has 0 spiro atoms. The van der Waals surface area contributed by atoms with Gasteiger partial charge >= 0.3 is 0 Å². The van der Waals surface area contributed by atoms with Crippen molar-refractivity contribution >= 4 is 11.8 Å². The van der Waals surface area contributed by atoms with Crippen LogP contribution in [0.4, 0.5) is 8.78 Å². The molecule has 5 nitrogen and oxygen atoms in total. The molecular formula is C14H15F2N3O2. The lowest BCUT2D eigenvalue weighted by Crippen LogP contribution is -2.48. The smallest absolute Gasteiger partial charge is 0.240 e. The number of amides is 2. The first-order valence-corrected chi connectivity index (χ1v) is 6.24. The molecule has 0 aliphatic carbocycles. The fraction of sp³-hybridized carbons (Fsp3) is 0.357. The largest absolute Gasteiger partial charge is 0.368 e. The number of primary amides is 1. The third-order valence-corrected chi connectivity index (χ3v) is 2.89. The van der Waals surface area contributed by atoms with E-state index in [2.05, 4.69) is 5.32 Å². The number of nitriles is 1. The first-order valence-electron chi connectivity index (χ1n) is 6.24. The molecule has 0 radical (unpaired) electrons. The zero-order valence-corrected chi connectivity index (χ0v) is 11.4. The number of rotatable bonds is 6. The average molecular weight is 295 g/mol. The number of halogens is 2. The van der Waals surface area contributed by atoms with Gasteiger partial charge in [-0.25, -0.2) is 8.78 Å². The van der Waals surface area contributed by atoms with Gasteiger partial charge in [-0.15, -0.1) is 0 Å². The first kappa shape index (κ1) is 16.6. The number of nitrogens with two attached hydrogens (primary N) is 1. The van der Waals surface area contributed by atoms with Crippen molar-refractivity contribution in [2.45, 2.75) is 25.8 Å². The molecule has 0 bridgehead atoms. The Hall–Kier alpha value is -2.49. The minimum Gasteiger partial charge on any atom is -0.368 e. The molecule has 2 amide bonds. The van der Waals surface area contributed by atoms with Gasteiger partial charge in [0.2, 0.25) is 11.8 Å². The number of carbonyl (C=O) groups excluding carboxylic acids is 2. The summed E-state index contributed by atoms with van der Waals surface area (Å²) >= 11 is 0. The lowest BCUT2D eigenvalue weighted by atomic mass is 9.98. The molecule has 1 rings (SSSR count). The minimum absolute atomic E-state index is 0.0441. The molecule has 0 heterocycles. The second-order valence-corrected chi connectivity index (χ2v) is 4.74. The van der Waals surface area contributed by atoms with Crippen molar-refractivity contribution in [2.75, 3.05) is 0 Å². The molecular weight excluding hydrogens is 280 g/mol. The number of carbonyl (C=O) groups is 2. The van der Waals surface area contributed by atoms with Crippen molar-refractivity contribution < 1.29 is 18.4 Å². The Bertz CT molecular complexity index is 564. The molecule has 112 valence electrons. The second kappa shape index (κ2) is 7.33. The van der Waals surface area contributed by atoms with Crippen LogP contribution in [-0.2, 0) is 16.0 Å². The zero-order chi connectivity index (χ0) is 16.0. The van der Waals surface area contributed by atoms with Gasteiger partial charge in [0.1, 0.15) is 17.7 Å². The van der Waals surface area contributed by atoms with Gasteiger partial charge in [0.05, 0.1) is 12.5 Å². The standard InChI is InChI=1S/C14H15F2N3O2/c1-8(2-3-17)13(14(18)21)19-12(20)6-9-4-10(15)7-11(16)5-9/h4-5,7-8,13H,2,6H2,1H3,(H2,18,21)(H,19,20)/t8-,13-/m1/s1. The highest BCUT2D eigenvalue weighted by molar-refractivity contribution is 5.87. The SMILES string of the molecule is C[C@H](CC#N)[C@@H](NC(=O)Cc1cc(F)cc(F)c1)C(N)=O. The van der Waals surface area contributed by atoms with Crippen LogP contribution in [0.3, 0.4) is 0 Å². The van der Waals surface area contributed by atoms with Crippen LogP contribution in [0.25, 0.3) is 0 Å². The van der Waals surface area contributed by atoms with Crippen LogP contribution < -0.4 is 11.1 Å². The Balaban J connectivity index is 2.74. The zero-order valence-electron chi connectivity index (χ0n) is 11.4. The Morgan fingerprint density at radius 3 is 2.38 bits per heavy atom. The summed E-state index contributed by atoms with van der Waals surface area (Å²) in [6.45, 7) is 1.60. The molecule has 7 heteroatoms. The lowest BCUT2D eigenvalue weighted by molar-refractivity contribution is -0.128. The summed E-state index contributed by atoms with van der Waals surface area (Å²) in [4.78, 5) is 23.1. The van der Waals surface area contributed by atoms with Gasteiger partial charge in [0, 0.05) is 12.5 Å². The molecule has 0 fully saturated rings. The Morgan fingerprint density at radius 2 is 1.90 bits per heavy atom. The summed E-state index contributed by atoms with van der Waals surface area (Å²) in [5.74, 6) is -3.41. The van der Waals surface area contributed by atoms with Crippen molar-refractivity contribution in [1.29, 1.82) is 5.26 Å². The van der Waals surface area contributed by atoms with E-state index in [0.29, 0.717) is 6.07 Å². The van der Waals surface area contributed by atoms with E-state index in [4.69, 9.17) is 11.0 Å². The number of nitrogens with zero attached hydrogens (tertiary/aromatic N) is 1. The van der Waals surface area contributed by atoms with Crippen LogP contribution in [0.15, 0.2) is 18.2 Å². The lowest BCUT2D eigenvalue weighted by Gasteiger charge is -2.20. The number of benzene rings is 1. The van der Waals surface area contributed by atoms with E-state index in [-0.39, 0.29) is 18.4 Å². The second-order valence-electron chi connectivity index (χ2n) is 4.74. The Kier molecular flexibility index (Phi) is 5.79. The molecule has 21 heavy (non-hydrogen) atoms. The Morgan fingerprint density at radius 1 is 1.33 bits per heavy atom. The van der Waals surface area contributed by atoms with Crippen molar-refractivity contribution in [3.63, 3.8) is 0 Å². The van der Waals surface area contributed by atoms with E-state index >= 15 is 0 Å². The molecule has 1 aromatic carbocycles. The molecule has 0 unspecified atom stereocenters. The van der Waals surface area contributed by atoms with Gasteiger partial charge in [-0.2, -0.15) is 5.26 Å². The van der Waals surface area contributed by atoms with Gasteiger partial charge < -0.3 is 11.1 Å². The van der Waals surface area contributed by atoms with Crippen molar-refractivity contribution in [2.24, 2.45) is 11.7 Å². The van der Waals surface area contributed by atoms with Crippen molar-refractivity contribution in [3.8, 4) is 6.07 Å². The summed E-state index contributed by atoms with van der Waals surface area (Å²) < 4.78 is 26.0. The number of hydrogen-bond donors (Lipinski definition) is 2. The van der Waals surface area contributed by atoms with E-state index in [0.717, 1.165) is 12.1 Å². The normalized spacial score (nSPS) is 13.0. The van der Waals surface area contributed by atoms with Gasteiger partial charge in [0.25, 0.3) is 0 Å². The van der Waals surface area contributed by atoms with Crippen LogP contribution in [0.1, 0.15) is 18.9 Å². The number of hydrogen-bond acceptors (Lipinski definition) is 3. The van der Waals surface area contributed by atoms with Gasteiger partial charge in [-0.05, 0) is 23.6 Å². The summed E-state index contributed by atoms with van der Waals surface area (Å²) in [6, 6.07) is 3.63. The van der Waals surface area contributed by atoms with E-state index in [1.807, 2.05) is 6.07 Å². The predicted molar refractivity (Wildman–Crippen MR) is 70.6 cm³/mol. The fourth-order valence-electron chi connectivity index (χ4n) is 1.88. The molecule has 3 N–H and O–H groups in total. The van der Waals surface area contributed by atoms with E-state index in [9.17, 15) is 18.4 Å². The van der Waals surface area contributed by atoms with E-state index in [1.54, 1.807) is 6.92 Å². The third kappa shape index (κ3) is 5.18.